The molecule has 1 heterocycles. The van der Waals surface area contributed by atoms with Crippen LogP contribution in [0.1, 0.15) is 52.9 Å². The molecule has 0 spiro atoms. The van der Waals surface area contributed by atoms with Crippen molar-refractivity contribution in [1.82, 2.24) is 10.3 Å². The van der Waals surface area contributed by atoms with Crippen LogP contribution in [0.25, 0.3) is 0 Å². The molecule has 3 N–H and O–H groups in total. The van der Waals surface area contributed by atoms with Crippen molar-refractivity contribution in [2.45, 2.75) is 64.5 Å². The Kier molecular flexibility index (Phi) is 5.84. The molecule has 1 saturated carbocycles. The van der Waals surface area contributed by atoms with E-state index in [1.54, 1.807) is 0 Å². The molecule has 0 amide bonds. The van der Waals surface area contributed by atoms with Crippen LogP contribution in [0.15, 0.2) is 0 Å². The van der Waals surface area contributed by atoms with Gasteiger partial charge in [0, 0.05) is 24.7 Å². The Morgan fingerprint density at radius 1 is 1.25 bits per heavy atom. The zero-order valence-corrected chi connectivity index (χ0v) is 13.5. The van der Waals surface area contributed by atoms with Gasteiger partial charge in [-0.1, -0.05) is 26.7 Å². The Bertz CT molecular complexity index is 285. The minimum absolute atomic E-state index is 0.143. The molecule has 0 radical (unpaired) electrons. The van der Waals surface area contributed by atoms with E-state index in [0.29, 0.717) is 12.0 Å². The smallest absolute Gasteiger partial charge is 0.0594 e. The fourth-order valence-electron chi connectivity index (χ4n) is 4.16. The summed E-state index contributed by atoms with van der Waals surface area (Å²) in [6.07, 6.45) is 6.47. The van der Waals surface area contributed by atoms with Gasteiger partial charge in [0.25, 0.3) is 0 Å². The summed E-state index contributed by atoms with van der Waals surface area (Å²) < 4.78 is 5.52. The third-order valence-electron chi connectivity index (χ3n) is 5.83. The summed E-state index contributed by atoms with van der Waals surface area (Å²) in [6, 6.07) is 0.387. The first-order chi connectivity index (χ1) is 9.61. The highest BCUT2D eigenvalue weighted by molar-refractivity contribution is 5.00. The standard InChI is InChI=1S/C16H33N3O/c1-4-16(3,19-9-11-20-12-10-19)15(18-17)14-7-5-13(2)6-8-14/h13-15,18H,4-12,17H2,1-3H3. The van der Waals surface area contributed by atoms with Gasteiger partial charge >= 0.3 is 0 Å². The fourth-order valence-corrected chi connectivity index (χ4v) is 4.16. The lowest BCUT2D eigenvalue weighted by Crippen LogP contribution is -2.65. The van der Waals surface area contributed by atoms with E-state index in [2.05, 4.69) is 31.1 Å². The van der Waals surface area contributed by atoms with Crippen LogP contribution in [0, 0.1) is 11.8 Å². The summed E-state index contributed by atoms with van der Waals surface area (Å²) in [5, 5.41) is 0. The average Bonchev–Trinajstić information content (AvgIpc) is 2.50. The van der Waals surface area contributed by atoms with Crippen LogP contribution in [0.3, 0.4) is 0 Å². The van der Waals surface area contributed by atoms with Gasteiger partial charge in [-0.05, 0) is 38.0 Å². The van der Waals surface area contributed by atoms with Crippen LogP contribution in [-0.4, -0.2) is 42.8 Å². The molecule has 1 saturated heterocycles. The summed E-state index contributed by atoms with van der Waals surface area (Å²) in [5.74, 6) is 7.60. The number of morpholine rings is 1. The maximum absolute atomic E-state index is 6.00. The number of hydrogen-bond donors (Lipinski definition) is 2. The zero-order valence-electron chi connectivity index (χ0n) is 13.5. The lowest BCUT2D eigenvalue weighted by Gasteiger charge is -2.50. The second-order valence-electron chi connectivity index (χ2n) is 6.97. The van der Waals surface area contributed by atoms with Crippen molar-refractivity contribution in [2.24, 2.45) is 17.7 Å². The maximum atomic E-state index is 6.00. The highest BCUT2D eigenvalue weighted by atomic mass is 16.5. The van der Waals surface area contributed by atoms with E-state index in [0.717, 1.165) is 38.6 Å². The predicted octanol–water partition coefficient (Wildman–Crippen LogP) is 2.15. The summed E-state index contributed by atoms with van der Waals surface area (Å²) >= 11 is 0. The molecule has 20 heavy (non-hydrogen) atoms. The molecule has 2 rings (SSSR count). The van der Waals surface area contributed by atoms with E-state index in [-0.39, 0.29) is 5.54 Å². The Morgan fingerprint density at radius 2 is 1.85 bits per heavy atom. The molecule has 2 atom stereocenters. The monoisotopic (exact) mass is 283 g/mol. The number of nitrogens with zero attached hydrogens (tertiary/aromatic N) is 1. The lowest BCUT2D eigenvalue weighted by molar-refractivity contribution is -0.0448. The van der Waals surface area contributed by atoms with Gasteiger partial charge in [-0.15, -0.1) is 0 Å². The molecule has 0 aromatic carbocycles. The van der Waals surface area contributed by atoms with Crippen LogP contribution < -0.4 is 11.3 Å². The van der Waals surface area contributed by atoms with Gasteiger partial charge in [0.15, 0.2) is 0 Å². The molecule has 2 aliphatic rings. The number of ether oxygens (including phenoxy) is 1. The molecule has 0 bridgehead atoms. The lowest BCUT2D eigenvalue weighted by atomic mass is 9.72. The van der Waals surface area contributed by atoms with Crippen LogP contribution in [0.2, 0.25) is 0 Å². The predicted molar refractivity (Wildman–Crippen MR) is 83.3 cm³/mol. The van der Waals surface area contributed by atoms with Crippen LogP contribution >= 0.6 is 0 Å². The quantitative estimate of drug-likeness (QED) is 0.599. The van der Waals surface area contributed by atoms with Gasteiger partial charge < -0.3 is 4.74 Å². The highest BCUT2D eigenvalue weighted by Gasteiger charge is 2.42. The molecule has 0 aromatic heterocycles. The molecule has 4 nitrogen and oxygen atoms in total. The van der Waals surface area contributed by atoms with Crippen molar-refractivity contribution in [2.75, 3.05) is 26.3 Å². The van der Waals surface area contributed by atoms with Gasteiger partial charge in [0.1, 0.15) is 0 Å². The van der Waals surface area contributed by atoms with Gasteiger partial charge in [-0.3, -0.25) is 16.2 Å². The Hall–Kier alpha value is -0.160. The van der Waals surface area contributed by atoms with E-state index >= 15 is 0 Å². The largest absolute Gasteiger partial charge is 0.379 e. The summed E-state index contributed by atoms with van der Waals surface area (Å²) in [4.78, 5) is 2.60. The van der Waals surface area contributed by atoms with E-state index in [9.17, 15) is 0 Å². The first-order valence-corrected chi connectivity index (χ1v) is 8.40. The topological polar surface area (TPSA) is 50.5 Å². The Morgan fingerprint density at radius 3 is 2.35 bits per heavy atom. The number of hydrazine groups is 1. The van der Waals surface area contributed by atoms with Crippen molar-refractivity contribution in [3.63, 3.8) is 0 Å². The SMILES string of the molecule is CCC(C)(C(NN)C1CCC(C)CC1)N1CCOCC1. The number of rotatable bonds is 5. The second kappa shape index (κ2) is 7.21. The van der Waals surface area contributed by atoms with Gasteiger partial charge in [-0.25, -0.2) is 0 Å². The van der Waals surface area contributed by atoms with Gasteiger partial charge in [-0.2, -0.15) is 0 Å². The van der Waals surface area contributed by atoms with Crippen molar-refractivity contribution in [3.05, 3.63) is 0 Å². The highest BCUT2D eigenvalue weighted by Crippen LogP contribution is 2.37. The molecule has 4 heteroatoms. The minimum Gasteiger partial charge on any atom is -0.379 e. The zero-order chi connectivity index (χ0) is 14.6. The summed E-state index contributed by atoms with van der Waals surface area (Å²) in [7, 11) is 0. The molecular formula is C16H33N3O. The fraction of sp³-hybridized carbons (Fsp3) is 1.00. The van der Waals surface area contributed by atoms with E-state index < -0.39 is 0 Å². The first-order valence-electron chi connectivity index (χ1n) is 8.40. The molecule has 2 fully saturated rings. The van der Waals surface area contributed by atoms with Gasteiger partial charge in [0.05, 0.1) is 13.2 Å². The minimum atomic E-state index is 0.143. The van der Waals surface area contributed by atoms with Crippen LogP contribution in [0.4, 0.5) is 0 Å². The number of nitrogens with one attached hydrogen (secondary N) is 1. The van der Waals surface area contributed by atoms with Crippen molar-refractivity contribution < 1.29 is 4.74 Å². The number of nitrogens with two attached hydrogens (primary N) is 1. The molecule has 118 valence electrons. The Labute approximate surface area is 124 Å². The third kappa shape index (κ3) is 3.35. The maximum Gasteiger partial charge on any atom is 0.0594 e. The van der Waals surface area contributed by atoms with E-state index in [4.69, 9.17) is 10.6 Å². The van der Waals surface area contributed by atoms with E-state index in [1.807, 2.05) is 0 Å². The molecule has 0 aromatic rings. The molecule has 1 aliphatic carbocycles. The third-order valence-corrected chi connectivity index (χ3v) is 5.83. The average molecular weight is 283 g/mol. The Balaban J connectivity index is 2.09. The van der Waals surface area contributed by atoms with Crippen LogP contribution in [0.5, 0.6) is 0 Å². The van der Waals surface area contributed by atoms with E-state index in [1.165, 1.54) is 25.7 Å². The molecule has 2 unspecified atom stereocenters. The van der Waals surface area contributed by atoms with Crippen molar-refractivity contribution in [3.8, 4) is 0 Å². The second-order valence-corrected chi connectivity index (χ2v) is 6.97. The van der Waals surface area contributed by atoms with Gasteiger partial charge in [0.2, 0.25) is 0 Å². The van der Waals surface area contributed by atoms with Crippen molar-refractivity contribution >= 4 is 0 Å². The number of hydrogen-bond acceptors (Lipinski definition) is 4. The van der Waals surface area contributed by atoms with Crippen molar-refractivity contribution in [1.29, 1.82) is 0 Å². The summed E-state index contributed by atoms with van der Waals surface area (Å²) in [5.41, 5.74) is 3.34. The first kappa shape index (κ1) is 16.2. The van der Waals surface area contributed by atoms with Crippen LogP contribution in [-0.2, 0) is 4.74 Å². The normalized spacial score (nSPS) is 33.6. The summed E-state index contributed by atoms with van der Waals surface area (Å²) in [6.45, 7) is 10.8. The molecule has 1 aliphatic heterocycles. The molecular weight excluding hydrogens is 250 g/mol.